The first-order chi connectivity index (χ1) is 14.2. The van der Waals surface area contributed by atoms with Gasteiger partial charge < -0.3 is 14.6 Å². The molecule has 0 spiro atoms. The van der Waals surface area contributed by atoms with Crippen LogP contribution in [0.1, 0.15) is 73.5 Å². The van der Waals surface area contributed by atoms with E-state index >= 15 is 0 Å². The molecule has 4 heteroatoms. The third-order valence-corrected chi connectivity index (χ3v) is 5.71. The predicted octanol–water partition coefficient (Wildman–Crippen LogP) is 5.69. The molecule has 0 aliphatic carbocycles. The Bertz CT molecular complexity index is 818. The van der Waals surface area contributed by atoms with Crippen LogP contribution in [-0.4, -0.2) is 30.9 Å². The van der Waals surface area contributed by atoms with Crippen LogP contribution in [0.3, 0.4) is 0 Å². The van der Waals surface area contributed by atoms with Crippen LogP contribution in [0.15, 0.2) is 42.5 Å². The summed E-state index contributed by atoms with van der Waals surface area (Å²) in [4.78, 5) is 11.6. The Morgan fingerprint density at radius 2 is 1.77 bits per heavy atom. The number of aliphatic hydroxyl groups is 1. The summed E-state index contributed by atoms with van der Waals surface area (Å²) in [5.41, 5.74) is 4.00. The molecule has 0 radical (unpaired) electrons. The quantitative estimate of drug-likeness (QED) is 0.537. The molecule has 2 atom stereocenters. The average Bonchev–Trinajstić information content (AvgIpc) is 2.72. The number of methoxy groups -OCH3 is 1. The van der Waals surface area contributed by atoms with Crippen LogP contribution in [0.4, 0.5) is 0 Å². The van der Waals surface area contributed by atoms with E-state index in [4.69, 9.17) is 9.47 Å². The van der Waals surface area contributed by atoms with Gasteiger partial charge in [0.25, 0.3) is 0 Å². The minimum atomic E-state index is -0.507. The fraction of sp³-hybridized carbons (Fsp3) is 0.500. The number of carbonyl (C=O) groups excluding carboxylic acids is 1. The Morgan fingerprint density at radius 1 is 1.10 bits per heavy atom. The summed E-state index contributed by atoms with van der Waals surface area (Å²) in [7, 11) is 1.40. The summed E-state index contributed by atoms with van der Waals surface area (Å²) in [5.74, 6) is 0.963. The lowest BCUT2D eigenvalue weighted by molar-refractivity contribution is 0.0216. The molecular formula is C26H36O4. The molecule has 164 valence electrons. The Kier molecular flexibility index (Phi) is 8.48. The second-order valence-corrected chi connectivity index (χ2v) is 9.05. The highest BCUT2D eigenvalue weighted by Crippen LogP contribution is 2.28. The molecule has 2 rings (SSSR count). The van der Waals surface area contributed by atoms with Crippen molar-refractivity contribution in [3.63, 3.8) is 0 Å². The Balaban J connectivity index is 1.97. The number of hydrogen-bond acceptors (Lipinski definition) is 4. The summed E-state index contributed by atoms with van der Waals surface area (Å²) in [5, 5.41) is 10.2. The summed E-state index contributed by atoms with van der Waals surface area (Å²) < 4.78 is 10.6. The Morgan fingerprint density at radius 3 is 2.30 bits per heavy atom. The number of carbonyl (C=O) groups is 1. The van der Waals surface area contributed by atoms with Crippen LogP contribution >= 0.6 is 0 Å². The fourth-order valence-electron chi connectivity index (χ4n) is 3.40. The predicted molar refractivity (Wildman–Crippen MR) is 121 cm³/mol. The van der Waals surface area contributed by atoms with E-state index in [1.807, 2.05) is 58.0 Å². The number of aliphatic hydroxyl groups excluding tert-OH is 1. The van der Waals surface area contributed by atoms with Gasteiger partial charge in [-0.25, -0.2) is 4.79 Å². The second kappa shape index (κ2) is 10.6. The first-order valence-electron chi connectivity index (χ1n) is 10.7. The molecule has 0 amide bonds. The molecule has 0 aliphatic heterocycles. The van der Waals surface area contributed by atoms with Crippen molar-refractivity contribution in [1.29, 1.82) is 0 Å². The molecule has 0 bridgehead atoms. The third-order valence-electron chi connectivity index (χ3n) is 5.71. The van der Waals surface area contributed by atoms with Gasteiger partial charge in [-0.15, -0.1) is 0 Å². The minimum Gasteiger partial charge on any atom is -0.491 e. The van der Waals surface area contributed by atoms with Crippen LogP contribution in [0, 0.1) is 12.3 Å². The molecule has 2 aromatic rings. The maximum absolute atomic E-state index is 11.6. The van der Waals surface area contributed by atoms with Gasteiger partial charge in [-0.2, -0.15) is 0 Å². The average molecular weight is 413 g/mol. The van der Waals surface area contributed by atoms with Gasteiger partial charge in [-0.1, -0.05) is 52.0 Å². The molecular weight excluding hydrogens is 376 g/mol. The number of hydrogen-bond donors (Lipinski definition) is 1. The van der Waals surface area contributed by atoms with E-state index < -0.39 is 6.10 Å². The lowest BCUT2D eigenvalue weighted by atomic mass is 9.89. The highest BCUT2D eigenvalue weighted by Gasteiger charge is 2.22. The molecule has 30 heavy (non-hydrogen) atoms. The minimum absolute atomic E-state index is 0.196. The van der Waals surface area contributed by atoms with E-state index in [-0.39, 0.29) is 11.4 Å². The molecule has 1 N–H and O–H groups in total. The molecule has 0 aromatic heterocycles. The van der Waals surface area contributed by atoms with Crippen LogP contribution in [-0.2, 0) is 11.2 Å². The molecule has 2 aromatic carbocycles. The van der Waals surface area contributed by atoms with Gasteiger partial charge in [0.05, 0.1) is 18.8 Å². The maximum atomic E-state index is 11.6. The highest BCUT2D eigenvalue weighted by molar-refractivity contribution is 5.89. The first-order valence-corrected chi connectivity index (χ1v) is 10.7. The third kappa shape index (κ3) is 6.60. The maximum Gasteiger partial charge on any atom is 0.337 e. The molecule has 0 saturated heterocycles. The van der Waals surface area contributed by atoms with Gasteiger partial charge in [0.2, 0.25) is 0 Å². The topological polar surface area (TPSA) is 55.8 Å². The standard InChI is InChI=1S/C26H36O4/c1-7-20(21-11-13-22(14-12-21)25(28)29-6)10-8-19-9-15-23(18(2)16-19)30-17-24(27)26(3,4)5/h9,11-16,20,24,27H,7-8,10,17H2,1-6H3. The van der Waals surface area contributed by atoms with Crippen LogP contribution in [0.5, 0.6) is 5.75 Å². The number of esters is 1. The van der Waals surface area contributed by atoms with Crippen molar-refractivity contribution in [2.45, 2.75) is 65.9 Å². The van der Waals surface area contributed by atoms with Crippen LogP contribution < -0.4 is 4.74 Å². The molecule has 0 heterocycles. The zero-order valence-corrected chi connectivity index (χ0v) is 19.2. The molecule has 2 unspecified atom stereocenters. The second-order valence-electron chi connectivity index (χ2n) is 9.05. The largest absolute Gasteiger partial charge is 0.491 e. The molecule has 0 fully saturated rings. The lowest BCUT2D eigenvalue weighted by Crippen LogP contribution is -2.32. The van der Waals surface area contributed by atoms with E-state index in [1.54, 1.807) is 0 Å². The van der Waals surface area contributed by atoms with Crippen molar-refractivity contribution in [3.8, 4) is 5.75 Å². The number of ether oxygens (including phenoxy) is 2. The van der Waals surface area contributed by atoms with Gasteiger partial charge >= 0.3 is 5.97 Å². The highest BCUT2D eigenvalue weighted by atomic mass is 16.5. The Hall–Kier alpha value is -2.33. The fourth-order valence-corrected chi connectivity index (χ4v) is 3.40. The van der Waals surface area contributed by atoms with E-state index in [0.29, 0.717) is 18.1 Å². The van der Waals surface area contributed by atoms with E-state index in [2.05, 4.69) is 19.1 Å². The zero-order chi connectivity index (χ0) is 22.3. The van der Waals surface area contributed by atoms with E-state index in [0.717, 1.165) is 30.6 Å². The van der Waals surface area contributed by atoms with E-state index in [9.17, 15) is 9.90 Å². The smallest absolute Gasteiger partial charge is 0.337 e. The van der Waals surface area contributed by atoms with Gasteiger partial charge in [-0.05, 0) is 72.4 Å². The first kappa shape index (κ1) is 23.9. The summed E-state index contributed by atoms with van der Waals surface area (Å²) >= 11 is 0. The van der Waals surface area contributed by atoms with Crippen molar-refractivity contribution in [3.05, 3.63) is 64.7 Å². The molecule has 0 aliphatic rings. The van der Waals surface area contributed by atoms with Crippen molar-refractivity contribution < 1.29 is 19.4 Å². The summed E-state index contributed by atoms with van der Waals surface area (Å²) in [6, 6.07) is 14.0. The summed E-state index contributed by atoms with van der Waals surface area (Å²) in [6.07, 6.45) is 2.55. The normalized spacial score (nSPS) is 13.6. The van der Waals surface area contributed by atoms with E-state index in [1.165, 1.54) is 18.2 Å². The zero-order valence-electron chi connectivity index (χ0n) is 19.2. The lowest BCUT2D eigenvalue weighted by Gasteiger charge is -2.26. The van der Waals surface area contributed by atoms with Gasteiger partial charge in [0.1, 0.15) is 12.4 Å². The van der Waals surface area contributed by atoms with Gasteiger partial charge in [0.15, 0.2) is 0 Å². The summed E-state index contributed by atoms with van der Waals surface area (Å²) in [6.45, 7) is 10.5. The van der Waals surface area contributed by atoms with Crippen molar-refractivity contribution in [1.82, 2.24) is 0 Å². The van der Waals surface area contributed by atoms with Crippen molar-refractivity contribution in [2.24, 2.45) is 5.41 Å². The van der Waals surface area contributed by atoms with Gasteiger partial charge in [-0.3, -0.25) is 0 Å². The van der Waals surface area contributed by atoms with Crippen LogP contribution in [0.2, 0.25) is 0 Å². The van der Waals surface area contributed by atoms with Crippen molar-refractivity contribution >= 4 is 5.97 Å². The number of benzene rings is 2. The van der Waals surface area contributed by atoms with Gasteiger partial charge in [0, 0.05) is 0 Å². The number of rotatable bonds is 9. The SMILES string of the molecule is CCC(CCc1ccc(OCC(O)C(C)(C)C)c(C)c1)c1ccc(C(=O)OC)cc1. The molecule has 4 nitrogen and oxygen atoms in total. The van der Waals surface area contributed by atoms with Crippen LogP contribution in [0.25, 0.3) is 0 Å². The molecule has 0 saturated carbocycles. The van der Waals surface area contributed by atoms with Crippen molar-refractivity contribution in [2.75, 3.05) is 13.7 Å². The monoisotopic (exact) mass is 412 g/mol. The number of aryl methyl sites for hydroxylation is 2. The Labute approximate surface area is 181 Å².